The first-order valence-corrected chi connectivity index (χ1v) is 3.53. The minimum Gasteiger partial charge on any atom is -0.319 e. The third-order valence-corrected chi connectivity index (χ3v) is 2.33. The van der Waals surface area contributed by atoms with Crippen LogP contribution in [0, 0.1) is 0 Å². The lowest BCUT2D eigenvalue weighted by Gasteiger charge is -1.97. The fourth-order valence-electron chi connectivity index (χ4n) is 0.673. The van der Waals surface area contributed by atoms with Crippen LogP contribution in [-0.4, -0.2) is 14.8 Å². The summed E-state index contributed by atoms with van der Waals surface area (Å²) in [6.45, 7) is 0. The normalized spacial score (nSPS) is 21.9. The molecule has 0 bridgehead atoms. The number of aromatic nitrogens is 3. The predicted molar refractivity (Wildman–Crippen MR) is 32.8 cm³/mol. The summed E-state index contributed by atoms with van der Waals surface area (Å²) in [6, 6.07) is 0. The van der Waals surface area contributed by atoms with Crippen LogP contribution in [0.2, 0.25) is 0 Å². The highest BCUT2D eigenvalue weighted by Gasteiger charge is 2.43. The summed E-state index contributed by atoms with van der Waals surface area (Å²) < 4.78 is 3.63. The molecule has 2 rings (SSSR count). The van der Waals surface area contributed by atoms with Crippen molar-refractivity contribution in [2.75, 3.05) is 0 Å². The fourth-order valence-corrected chi connectivity index (χ4v) is 1.28. The van der Waals surface area contributed by atoms with Gasteiger partial charge in [0.05, 0.1) is 5.54 Å². The van der Waals surface area contributed by atoms with Crippen LogP contribution >= 0.6 is 11.5 Å². The summed E-state index contributed by atoms with van der Waals surface area (Å²) in [5.41, 5.74) is 5.64. The molecule has 48 valence electrons. The lowest BCUT2D eigenvalue weighted by Crippen LogP contribution is -2.18. The topological polar surface area (TPSA) is 64.7 Å². The van der Waals surface area contributed by atoms with Crippen molar-refractivity contribution in [1.29, 1.82) is 0 Å². The molecule has 1 aromatic heterocycles. The number of nitrogens with two attached hydrogens (primary N) is 1. The molecule has 2 N–H and O–H groups in total. The van der Waals surface area contributed by atoms with Crippen molar-refractivity contribution in [3.05, 3.63) is 5.01 Å². The Bertz CT molecular complexity index is 202. The van der Waals surface area contributed by atoms with Gasteiger partial charge < -0.3 is 5.73 Å². The molecule has 1 aromatic rings. The molecule has 1 fully saturated rings. The van der Waals surface area contributed by atoms with E-state index in [1.807, 2.05) is 0 Å². The van der Waals surface area contributed by atoms with E-state index in [2.05, 4.69) is 14.8 Å². The van der Waals surface area contributed by atoms with Crippen LogP contribution < -0.4 is 5.73 Å². The largest absolute Gasteiger partial charge is 0.319 e. The van der Waals surface area contributed by atoms with Crippen molar-refractivity contribution < 1.29 is 0 Å². The molecule has 0 atom stereocenters. The van der Waals surface area contributed by atoms with Gasteiger partial charge in [-0.1, -0.05) is 4.49 Å². The van der Waals surface area contributed by atoms with E-state index >= 15 is 0 Å². The van der Waals surface area contributed by atoms with Crippen molar-refractivity contribution in [2.24, 2.45) is 5.73 Å². The molecule has 1 aliphatic rings. The Balaban J connectivity index is 2.34. The van der Waals surface area contributed by atoms with Crippen LogP contribution in [0.4, 0.5) is 0 Å². The second kappa shape index (κ2) is 1.48. The predicted octanol–water partition coefficient (Wildman–Crippen LogP) is -0.119. The van der Waals surface area contributed by atoms with E-state index in [0.717, 1.165) is 17.8 Å². The number of rotatable bonds is 1. The summed E-state index contributed by atoms with van der Waals surface area (Å²) in [5, 5.41) is 8.13. The molecule has 5 heteroatoms. The first-order valence-electron chi connectivity index (χ1n) is 2.76. The van der Waals surface area contributed by atoms with Crippen molar-refractivity contribution in [3.8, 4) is 0 Å². The number of hydrogen-bond acceptors (Lipinski definition) is 5. The maximum atomic E-state index is 5.78. The van der Waals surface area contributed by atoms with Gasteiger partial charge in [-0.2, -0.15) is 0 Å². The maximum absolute atomic E-state index is 5.78. The molecule has 0 aliphatic heterocycles. The Kier molecular flexibility index (Phi) is 0.866. The van der Waals surface area contributed by atoms with E-state index in [0.29, 0.717) is 0 Å². The summed E-state index contributed by atoms with van der Waals surface area (Å²) in [6.07, 6.45) is 2.06. The zero-order valence-electron chi connectivity index (χ0n) is 4.74. The first-order chi connectivity index (χ1) is 4.31. The van der Waals surface area contributed by atoms with Crippen LogP contribution in [0.5, 0.6) is 0 Å². The van der Waals surface area contributed by atoms with Crippen molar-refractivity contribution in [3.63, 3.8) is 0 Å². The van der Waals surface area contributed by atoms with Gasteiger partial charge in [0.1, 0.15) is 0 Å². The van der Waals surface area contributed by atoms with Gasteiger partial charge in [-0.25, -0.2) is 0 Å². The molecular formula is C4H6N4S. The molecule has 1 heterocycles. The van der Waals surface area contributed by atoms with Gasteiger partial charge in [0, 0.05) is 11.5 Å². The van der Waals surface area contributed by atoms with Crippen LogP contribution in [0.15, 0.2) is 0 Å². The van der Waals surface area contributed by atoms with Gasteiger partial charge in [0.25, 0.3) is 0 Å². The van der Waals surface area contributed by atoms with Crippen LogP contribution in [0.25, 0.3) is 0 Å². The van der Waals surface area contributed by atoms with E-state index in [9.17, 15) is 0 Å². The zero-order valence-corrected chi connectivity index (χ0v) is 5.56. The molecule has 0 radical (unpaired) electrons. The molecule has 1 saturated carbocycles. The smallest absolute Gasteiger partial charge is 0.157 e. The SMILES string of the molecule is NC1(c2nnns2)CC1. The Morgan fingerprint density at radius 3 is 2.78 bits per heavy atom. The third-order valence-electron chi connectivity index (χ3n) is 1.51. The Labute approximate surface area is 56.2 Å². The summed E-state index contributed by atoms with van der Waals surface area (Å²) >= 11 is 1.30. The Morgan fingerprint density at radius 1 is 1.56 bits per heavy atom. The average Bonchev–Trinajstić information content (AvgIpc) is 2.46. The highest BCUT2D eigenvalue weighted by molar-refractivity contribution is 7.05. The van der Waals surface area contributed by atoms with Crippen LogP contribution in [-0.2, 0) is 5.54 Å². The average molecular weight is 142 g/mol. The number of nitrogens with zero attached hydrogens (tertiary/aromatic N) is 3. The molecule has 0 spiro atoms. The third kappa shape index (κ3) is 0.727. The monoisotopic (exact) mass is 142 g/mol. The minimum absolute atomic E-state index is 0.145. The standard InChI is InChI=1S/C4H6N4S/c5-4(1-2-4)3-6-7-8-9-3/h1-2,5H2. The highest BCUT2D eigenvalue weighted by atomic mass is 32.1. The van der Waals surface area contributed by atoms with E-state index < -0.39 is 0 Å². The van der Waals surface area contributed by atoms with Gasteiger partial charge in [0.15, 0.2) is 5.01 Å². The van der Waals surface area contributed by atoms with Gasteiger partial charge in [-0.15, -0.1) is 5.10 Å². The van der Waals surface area contributed by atoms with E-state index in [1.54, 1.807) is 0 Å². The van der Waals surface area contributed by atoms with E-state index in [4.69, 9.17) is 5.73 Å². The molecule has 0 saturated heterocycles. The summed E-state index contributed by atoms with van der Waals surface area (Å²) in [7, 11) is 0. The molecule has 0 aromatic carbocycles. The minimum atomic E-state index is -0.145. The second-order valence-corrected chi connectivity index (χ2v) is 3.06. The Hall–Kier alpha value is -0.550. The van der Waals surface area contributed by atoms with Gasteiger partial charge in [-0.05, 0) is 18.1 Å². The Morgan fingerprint density at radius 2 is 2.33 bits per heavy atom. The molecule has 9 heavy (non-hydrogen) atoms. The van der Waals surface area contributed by atoms with E-state index in [-0.39, 0.29) is 5.54 Å². The number of hydrogen-bond donors (Lipinski definition) is 1. The van der Waals surface area contributed by atoms with Crippen LogP contribution in [0.3, 0.4) is 0 Å². The first kappa shape index (κ1) is 5.25. The molecular weight excluding hydrogens is 136 g/mol. The molecule has 1 aliphatic carbocycles. The fraction of sp³-hybridized carbons (Fsp3) is 0.750. The van der Waals surface area contributed by atoms with Gasteiger partial charge in [-0.3, -0.25) is 0 Å². The highest BCUT2D eigenvalue weighted by Crippen LogP contribution is 2.42. The molecule has 4 nitrogen and oxygen atoms in total. The van der Waals surface area contributed by atoms with Crippen molar-refractivity contribution in [2.45, 2.75) is 18.4 Å². The van der Waals surface area contributed by atoms with Gasteiger partial charge >= 0.3 is 0 Å². The zero-order chi connectivity index (χ0) is 6.32. The quantitative estimate of drug-likeness (QED) is 0.593. The maximum Gasteiger partial charge on any atom is 0.157 e. The second-order valence-electron chi connectivity index (χ2n) is 2.32. The lowest BCUT2D eigenvalue weighted by molar-refractivity contribution is 0.711. The van der Waals surface area contributed by atoms with Gasteiger partial charge in [0.2, 0.25) is 0 Å². The molecule has 0 amide bonds. The summed E-state index contributed by atoms with van der Waals surface area (Å²) in [5.74, 6) is 0. The van der Waals surface area contributed by atoms with Crippen molar-refractivity contribution >= 4 is 11.5 Å². The van der Waals surface area contributed by atoms with Crippen molar-refractivity contribution in [1.82, 2.24) is 14.8 Å². The lowest BCUT2D eigenvalue weighted by atomic mass is 10.3. The van der Waals surface area contributed by atoms with Crippen LogP contribution in [0.1, 0.15) is 17.8 Å². The van der Waals surface area contributed by atoms with E-state index in [1.165, 1.54) is 11.5 Å². The summed E-state index contributed by atoms with van der Waals surface area (Å²) in [4.78, 5) is 0. The molecule has 0 unspecified atom stereocenters.